The molecule has 15 heavy (non-hydrogen) atoms. The summed E-state index contributed by atoms with van der Waals surface area (Å²) in [6, 6.07) is 4.41. The molecular weight excluding hydrogens is 184 g/mol. The average molecular weight is 200 g/mol. The predicted molar refractivity (Wildman–Crippen MR) is 61.9 cm³/mol. The van der Waals surface area contributed by atoms with Gasteiger partial charge >= 0.3 is 0 Å². The van der Waals surface area contributed by atoms with Gasteiger partial charge in [-0.25, -0.2) is 4.98 Å². The van der Waals surface area contributed by atoms with Crippen LogP contribution in [0.5, 0.6) is 0 Å². The molecule has 1 fully saturated rings. The molecule has 1 saturated carbocycles. The number of fused-ring (bicyclic) bond motifs is 1. The molecule has 2 aromatic rings. The Balaban J connectivity index is 1.95. The lowest BCUT2D eigenvalue weighted by Gasteiger charge is -2.21. The van der Waals surface area contributed by atoms with E-state index in [2.05, 4.69) is 28.3 Å². The van der Waals surface area contributed by atoms with Crippen molar-refractivity contribution in [1.82, 2.24) is 9.97 Å². The van der Waals surface area contributed by atoms with Crippen molar-refractivity contribution in [1.29, 1.82) is 0 Å². The second-order valence-electron chi connectivity index (χ2n) is 4.52. The number of nitrogens with zero attached hydrogens (tertiary/aromatic N) is 1. The van der Waals surface area contributed by atoms with Gasteiger partial charge in [0.25, 0.3) is 0 Å². The molecule has 2 nitrogen and oxygen atoms in total. The molecule has 1 aliphatic rings. The highest BCUT2D eigenvalue weighted by Gasteiger charge is 2.15. The van der Waals surface area contributed by atoms with E-state index in [0.29, 0.717) is 0 Å². The number of pyridine rings is 1. The van der Waals surface area contributed by atoms with Crippen LogP contribution in [0, 0.1) is 0 Å². The summed E-state index contributed by atoms with van der Waals surface area (Å²) >= 11 is 0. The monoisotopic (exact) mass is 200 g/mol. The third-order valence-corrected chi connectivity index (χ3v) is 3.50. The number of aromatic amines is 1. The number of H-pyrrole nitrogens is 1. The third kappa shape index (κ3) is 1.65. The molecule has 0 radical (unpaired) electrons. The van der Waals surface area contributed by atoms with E-state index in [1.54, 1.807) is 0 Å². The van der Waals surface area contributed by atoms with Crippen LogP contribution in [0.1, 0.15) is 43.6 Å². The summed E-state index contributed by atoms with van der Waals surface area (Å²) in [6.07, 6.45) is 10.9. The Morgan fingerprint density at radius 2 is 2.07 bits per heavy atom. The van der Waals surface area contributed by atoms with Crippen LogP contribution in [-0.4, -0.2) is 9.97 Å². The molecule has 0 aromatic carbocycles. The Bertz CT molecular complexity index is 452. The minimum Gasteiger partial charge on any atom is -0.346 e. The zero-order valence-electron chi connectivity index (χ0n) is 8.87. The van der Waals surface area contributed by atoms with E-state index in [1.807, 2.05) is 6.20 Å². The first-order chi connectivity index (χ1) is 7.43. The molecule has 3 rings (SSSR count). The number of nitrogens with one attached hydrogen (secondary N) is 1. The van der Waals surface area contributed by atoms with Crippen LogP contribution in [0.15, 0.2) is 24.5 Å². The Morgan fingerprint density at radius 3 is 2.93 bits per heavy atom. The summed E-state index contributed by atoms with van der Waals surface area (Å²) in [5.41, 5.74) is 2.44. The van der Waals surface area contributed by atoms with Crippen LogP contribution >= 0.6 is 0 Å². The second kappa shape index (κ2) is 3.69. The summed E-state index contributed by atoms with van der Waals surface area (Å²) in [6.45, 7) is 0. The molecule has 0 saturated heterocycles. The van der Waals surface area contributed by atoms with E-state index in [-0.39, 0.29) is 0 Å². The van der Waals surface area contributed by atoms with Gasteiger partial charge in [-0.2, -0.15) is 0 Å². The van der Waals surface area contributed by atoms with Gasteiger partial charge in [0.05, 0.1) is 0 Å². The van der Waals surface area contributed by atoms with Crippen LogP contribution in [0.2, 0.25) is 0 Å². The number of aromatic nitrogens is 2. The molecule has 2 aromatic heterocycles. The van der Waals surface area contributed by atoms with Crippen molar-refractivity contribution in [3.63, 3.8) is 0 Å². The summed E-state index contributed by atoms with van der Waals surface area (Å²) in [5.74, 6) is 0.755. The Hall–Kier alpha value is -1.31. The molecule has 0 spiro atoms. The Labute approximate surface area is 89.7 Å². The molecule has 0 aliphatic heterocycles. The molecule has 1 aliphatic carbocycles. The normalized spacial score (nSPS) is 18.4. The molecule has 2 heteroatoms. The first-order valence-electron chi connectivity index (χ1n) is 5.86. The van der Waals surface area contributed by atoms with Crippen LogP contribution in [0.25, 0.3) is 11.0 Å². The molecule has 0 amide bonds. The topological polar surface area (TPSA) is 28.7 Å². The lowest BCUT2D eigenvalue weighted by molar-refractivity contribution is 0.443. The largest absolute Gasteiger partial charge is 0.346 e. The zero-order valence-corrected chi connectivity index (χ0v) is 8.87. The SMILES string of the molecule is c1cc2cc(C3CCCCC3)cnc2[nH]1. The van der Waals surface area contributed by atoms with E-state index in [9.17, 15) is 0 Å². The average Bonchev–Trinajstić information content (AvgIpc) is 2.77. The highest BCUT2D eigenvalue weighted by Crippen LogP contribution is 2.33. The first-order valence-corrected chi connectivity index (χ1v) is 5.86. The van der Waals surface area contributed by atoms with Crippen molar-refractivity contribution in [2.75, 3.05) is 0 Å². The van der Waals surface area contributed by atoms with E-state index in [4.69, 9.17) is 0 Å². The maximum atomic E-state index is 4.46. The van der Waals surface area contributed by atoms with Gasteiger partial charge < -0.3 is 4.98 Å². The van der Waals surface area contributed by atoms with Crippen molar-refractivity contribution in [2.24, 2.45) is 0 Å². The fourth-order valence-corrected chi connectivity index (χ4v) is 2.62. The minimum atomic E-state index is 0.755. The van der Waals surface area contributed by atoms with Gasteiger partial charge in [0, 0.05) is 17.8 Å². The van der Waals surface area contributed by atoms with Gasteiger partial charge in [-0.05, 0) is 36.5 Å². The van der Waals surface area contributed by atoms with Crippen molar-refractivity contribution in [3.05, 3.63) is 30.1 Å². The maximum absolute atomic E-state index is 4.46. The summed E-state index contributed by atoms with van der Waals surface area (Å²) in [7, 11) is 0. The molecule has 0 bridgehead atoms. The van der Waals surface area contributed by atoms with Crippen LogP contribution in [0.3, 0.4) is 0 Å². The quantitative estimate of drug-likeness (QED) is 0.748. The van der Waals surface area contributed by atoms with Gasteiger partial charge in [0.2, 0.25) is 0 Å². The van der Waals surface area contributed by atoms with Gasteiger partial charge in [-0.1, -0.05) is 19.3 Å². The number of hydrogen-bond acceptors (Lipinski definition) is 1. The van der Waals surface area contributed by atoms with E-state index in [1.165, 1.54) is 43.1 Å². The third-order valence-electron chi connectivity index (χ3n) is 3.50. The summed E-state index contributed by atoms with van der Waals surface area (Å²) in [5, 5.41) is 1.25. The number of hydrogen-bond donors (Lipinski definition) is 1. The first kappa shape index (κ1) is 8.96. The lowest BCUT2D eigenvalue weighted by atomic mass is 9.85. The van der Waals surface area contributed by atoms with Crippen LogP contribution in [0.4, 0.5) is 0 Å². The predicted octanol–water partition coefficient (Wildman–Crippen LogP) is 3.61. The van der Waals surface area contributed by atoms with Crippen molar-refractivity contribution in [2.45, 2.75) is 38.0 Å². The van der Waals surface area contributed by atoms with Gasteiger partial charge in [0.15, 0.2) is 0 Å². The van der Waals surface area contributed by atoms with Crippen molar-refractivity contribution >= 4 is 11.0 Å². The molecule has 78 valence electrons. The highest BCUT2D eigenvalue weighted by molar-refractivity contribution is 5.75. The summed E-state index contributed by atoms with van der Waals surface area (Å²) in [4.78, 5) is 7.60. The molecule has 0 atom stereocenters. The summed E-state index contributed by atoms with van der Waals surface area (Å²) < 4.78 is 0. The highest BCUT2D eigenvalue weighted by atomic mass is 14.8. The van der Waals surface area contributed by atoms with Gasteiger partial charge in [-0.3, -0.25) is 0 Å². The lowest BCUT2D eigenvalue weighted by Crippen LogP contribution is -2.04. The van der Waals surface area contributed by atoms with Gasteiger partial charge in [-0.15, -0.1) is 0 Å². The molecule has 2 heterocycles. The smallest absolute Gasteiger partial charge is 0.137 e. The van der Waals surface area contributed by atoms with E-state index in [0.717, 1.165) is 11.6 Å². The second-order valence-corrected chi connectivity index (χ2v) is 4.52. The van der Waals surface area contributed by atoms with Crippen LogP contribution in [-0.2, 0) is 0 Å². The van der Waals surface area contributed by atoms with E-state index >= 15 is 0 Å². The van der Waals surface area contributed by atoms with Crippen molar-refractivity contribution < 1.29 is 0 Å². The fourth-order valence-electron chi connectivity index (χ4n) is 2.62. The van der Waals surface area contributed by atoms with Crippen molar-refractivity contribution in [3.8, 4) is 0 Å². The Morgan fingerprint density at radius 1 is 1.20 bits per heavy atom. The minimum absolute atomic E-state index is 0.755. The van der Waals surface area contributed by atoms with E-state index < -0.39 is 0 Å². The standard InChI is InChI=1S/C13H16N2/c1-2-4-10(5-3-1)12-8-11-6-7-14-13(11)15-9-12/h6-10H,1-5H2,(H,14,15). The Kier molecular flexibility index (Phi) is 2.20. The van der Waals surface area contributed by atoms with Crippen LogP contribution < -0.4 is 0 Å². The van der Waals surface area contributed by atoms with Gasteiger partial charge in [0.1, 0.15) is 5.65 Å². The zero-order chi connectivity index (χ0) is 10.1. The fraction of sp³-hybridized carbons (Fsp3) is 0.462. The number of rotatable bonds is 1. The molecule has 1 N–H and O–H groups in total. The maximum Gasteiger partial charge on any atom is 0.137 e. The molecule has 0 unspecified atom stereocenters. The molecular formula is C13H16N2.